The van der Waals surface area contributed by atoms with Gasteiger partial charge in [0.1, 0.15) is 6.34 Å². The largest absolute Gasteiger partial charge is 0.368 e. The van der Waals surface area contributed by atoms with Crippen LogP contribution in [0.2, 0.25) is 5.02 Å². The summed E-state index contributed by atoms with van der Waals surface area (Å²) < 4.78 is 29.5. The van der Waals surface area contributed by atoms with Crippen LogP contribution in [-0.2, 0) is 39.0 Å². The van der Waals surface area contributed by atoms with Crippen LogP contribution >= 0.6 is 11.6 Å². The lowest BCUT2D eigenvalue weighted by atomic mass is 9.99. The third-order valence-corrected chi connectivity index (χ3v) is 6.42. The Morgan fingerprint density at radius 2 is 2.03 bits per heavy atom. The number of hydrogen-bond donors (Lipinski definition) is 1. The van der Waals surface area contributed by atoms with Crippen molar-refractivity contribution < 1.29 is 18.0 Å². The van der Waals surface area contributed by atoms with E-state index in [1.807, 2.05) is 0 Å². The van der Waals surface area contributed by atoms with Gasteiger partial charge in [-0.3, -0.25) is 9.59 Å². The van der Waals surface area contributed by atoms with Crippen molar-refractivity contribution in [3.05, 3.63) is 58.1 Å². The fourth-order valence-corrected chi connectivity index (χ4v) is 4.76. The second-order valence-corrected chi connectivity index (χ2v) is 9.42. The number of rotatable bonds is 7. The molecule has 2 amide bonds. The Morgan fingerprint density at radius 3 is 2.71 bits per heavy atom. The van der Waals surface area contributed by atoms with Crippen molar-refractivity contribution in [1.82, 2.24) is 9.80 Å². The van der Waals surface area contributed by atoms with E-state index in [9.17, 15) is 18.0 Å². The average molecular weight is 463 g/mol. The third kappa shape index (κ3) is 5.62. The van der Waals surface area contributed by atoms with E-state index in [1.54, 1.807) is 49.3 Å². The van der Waals surface area contributed by atoms with Crippen LogP contribution in [0.5, 0.6) is 0 Å². The molecular weight excluding hydrogens is 440 g/mol. The van der Waals surface area contributed by atoms with E-state index >= 15 is 0 Å². The lowest BCUT2D eigenvalue weighted by Gasteiger charge is -2.27. The molecule has 8 nitrogen and oxygen atoms in total. The standard InChI is InChI=1S/C21H23ClN4O4S/c1-25(2)13-23-31(29,30)20-11-17(9-16-12-26(14-27)8-7-18(16)20)24-21(28)10-15-5-3-4-6-19(15)22/h3-6,9,11,13-14H,7-8,10,12H2,1-2H3,(H,24,28). The molecule has 0 aromatic heterocycles. The molecule has 0 atom stereocenters. The smallest absolute Gasteiger partial charge is 0.284 e. The van der Waals surface area contributed by atoms with Crippen LogP contribution in [0.15, 0.2) is 45.7 Å². The van der Waals surface area contributed by atoms with Crippen molar-refractivity contribution >= 4 is 46.0 Å². The fraction of sp³-hybridized carbons (Fsp3) is 0.286. The highest BCUT2D eigenvalue weighted by Gasteiger charge is 2.26. The van der Waals surface area contributed by atoms with Gasteiger partial charge in [-0.2, -0.15) is 8.42 Å². The van der Waals surface area contributed by atoms with Gasteiger partial charge in [0.15, 0.2) is 0 Å². The SMILES string of the molecule is CN(C)C=NS(=O)(=O)c1cc(NC(=O)Cc2ccccc2Cl)cc2c1CCN(C=O)C2. The first-order valence-electron chi connectivity index (χ1n) is 9.55. The summed E-state index contributed by atoms with van der Waals surface area (Å²) in [6.45, 7) is 0.668. The van der Waals surface area contributed by atoms with Crippen LogP contribution in [0.25, 0.3) is 0 Å². The topological polar surface area (TPSA) is 99.2 Å². The molecule has 1 N–H and O–H groups in total. The van der Waals surface area contributed by atoms with Crippen LogP contribution in [-0.4, -0.2) is 57.5 Å². The van der Waals surface area contributed by atoms with Crippen molar-refractivity contribution in [2.45, 2.75) is 24.3 Å². The molecule has 1 aliphatic heterocycles. The van der Waals surface area contributed by atoms with Gasteiger partial charge in [-0.25, -0.2) is 0 Å². The van der Waals surface area contributed by atoms with Gasteiger partial charge in [0.25, 0.3) is 10.0 Å². The molecule has 3 rings (SSSR count). The minimum atomic E-state index is -4.00. The number of carbonyl (C=O) groups is 2. The van der Waals surface area contributed by atoms with Gasteiger partial charge in [0.2, 0.25) is 12.3 Å². The maximum atomic E-state index is 12.9. The number of hydrogen-bond acceptors (Lipinski definition) is 4. The van der Waals surface area contributed by atoms with E-state index in [2.05, 4.69) is 9.71 Å². The van der Waals surface area contributed by atoms with E-state index in [-0.39, 0.29) is 23.8 Å². The van der Waals surface area contributed by atoms with Crippen molar-refractivity contribution in [2.75, 3.05) is 26.0 Å². The molecule has 0 spiro atoms. The highest BCUT2D eigenvalue weighted by molar-refractivity contribution is 7.90. The van der Waals surface area contributed by atoms with Crippen LogP contribution in [0, 0.1) is 0 Å². The molecule has 2 aromatic carbocycles. The molecule has 164 valence electrons. The number of nitrogens with one attached hydrogen (secondary N) is 1. The minimum absolute atomic E-state index is 0.0293. The quantitative estimate of drug-likeness (QED) is 0.386. The minimum Gasteiger partial charge on any atom is -0.368 e. The number of nitrogens with zero attached hydrogens (tertiary/aromatic N) is 3. The highest BCUT2D eigenvalue weighted by Crippen LogP contribution is 2.30. The first-order valence-corrected chi connectivity index (χ1v) is 11.4. The predicted octanol–water partition coefficient (Wildman–Crippen LogP) is 2.31. The molecule has 1 heterocycles. The first-order chi connectivity index (χ1) is 14.7. The lowest BCUT2D eigenvalue weighted by molar-refractivity contribution is -0.119. The monoisotopic (exact) mass is 462 g/mol. The van der Waals surface area contributed by atoms with E-state index in [0.717, 1.165) is 6.41 Å². The highest BCUT2D eigenvalue weighted by atomic mass is 35.5. The lowest BCUT2D eigenvalue weighted by Crippen LogP contribution is -2.30. The summed E-state index contributed by atoms with van der Waals surface area (Å²) in [6, 6.07) is 10.1. The second kappa shape index (κ2) is 9.49. The number of halogens is 1. The second-order valence-electron chi connectivity index (χ2n) is 7.41. The zero-order chi connectivity index (χ0) is 22.6. The molecule has 31 heavy (non-hydrogen) atoms. The molecule has 10 heteroatoms. The third-order valence-electron chi connectivity index (χ3n) is 4.76. The van der Waals surface area contributed by atoms with Gasteiger partial charge >= 0.3 is 0 Å². The van der Waals surface area contributed by atoms with Crippen molar-refractivity contribution in [3.8, 4) is 0 Å². The average Bonchev–Trinajstić information content (AvgIpc) is 2.73. The summed E-state index contributed by atoms with van der Waals surface area (Å²) in [6.07, 6.45) is 2.36. The molecule has 2 aromatic rings. The van der Waals surface area contributed by atoms with Gasteiger partial charge in [-0.05, 0) is 41.3 Å². The van der Waals surface area contributed by atoms with E-state index in [1.165, 1.54) is 17.3 Å². The van der Waals surface area contributed by atoms with Crippen LogP contribution < -0.4 is 5.32 Å². The van der Waals surface area contributed by atoms with Crippen molar-refractivity contribution in [3.63, 3.8) is 0 Å². The molecule has 0 saturated carbocycles. The van der Waals surface area contributed by atoms with E-state index in [4.69, 9.17) is 11.6 Å². The van der Waals surface area contributed by atoms with Gasteiger partial charge in [0, 0.05) is 37.9 Å². The summed E-state index contributed by atoms with van der Waals surface area (Å²) in [7, 11) is -0.659. The van der Waals surface area contributed by atoms with Crippen LogP contribution in [0.4, 0.5) is 5.69 Å². The summed E-state index contributed by atoms with van der Waals surface area (Å²) in [5.74, 6) is -0.337. The summed E-state index contributed by atoms with van der Waals surface area (Å²) >= 11 is 6.13. The zero-order valence-electron chi connectivity index (χ0n) is 17.2. The molecule has 1 aliphatic rings. The maximum absolute atomic E-state index is 12.9. The van der Waals surface area contributed by atoms with Crippen LogP contribution in [0.3, 0.4) is 0 Å². The summed E-state index contributed by atoms with van der Waals surface area (Å²) in [5.41, 5.74) is 2.25. The molecular formula is C21H23ClN4O4S. The molecule has 0 unspecified atom stereocenters. The van der Waals surface area contributed by atoms with Crippen molar-refractivity contribution in [2.24, 2.45) is 4.40 Å². The number of sulfonamides is 1. The van der Waals surface area contributed by atoms with Gasteiger partial charge in [0.05, 0.1) is 11.3 Å². The Bertz CT molecular complexity index is 1130. The van der Waals surface area contributed by atoms with E-state index in [0.29, 0.717) is 40.4 Å². The first kappa shape index (κ1) is 22.8. The molecule has 0 fully saturated rings. The normalized spacial score (nSPS) is 13.7. The molecule has 0 bridgehead atoms. The Balaban J connectivity index is 1.96. The number of benzene rings is 2. The summed E-state index contributed by atoms with van der Waals surface area (Å²) in [5, 5.41) is 3.22. The van der Waals surface area contributed by atoms with E-state index < -0.39 is 10.0 Å². The number of fused-ring (bicyclic) bond motifs is 1. The summed E-state index contributed by atoms with van der Waals surface area (Å²) in [4.78, 5) is 26.9. The maximum Gasteiger partial charge on any atom is 0.284 e. The molecule has 0 radical (unpaired) electrons. The van der Waals surface area contributed by atoms with Gasteiger partial charge < -0.3 is 15.1 Å². The Hall–Kier alpha value is -2.91. The Labute approximate surface area is 186 Å². The van der Waals surface area contributed by atoms with Gasteiger partial charge in [-0.15, -0.1) is 4.40 Å². The number of amides is 2. The van der Waals surface area contributed by atoms with Crippen LogP contribution in [0.1, 0.15) is 16.7 Å². The molecule has 0 saturated heterocycles. The fourth-order valence-electron chi connectivity index (χ4n) is 3.31. The number of carbonyl (C=O) groups excluding carboxylic acids is 2. The van der Waals surface area contributed by atoms with Gasteiger partial charge in [-0.1, -0.05) is 29.8 Å². The Kier molecular flexibility index (Phi) is 6.97. The van der Waals surface area contributed by atoms with Crippen molar-refractivity contribution in [1.29, 1.82) is 0 Å². The Morgan fingerprint density at radius 1 is 1.29 bits per heavy atom. The zero-order valence-corrected chi connectivity index (χ0v) is 18.8. The predicted molar refractivity (Wildman–Crippen MR) is 120 cm³/mol. The number of anilines is 1. The molecule has 0 aliphatic carbocycles.